The maximum atomic E-state index is 9.69. The van der Waals surface area contributed by atoms with Crippen molar-refractivity contribution in [2.45, 2.75) is 51.9 Å². The van der Waals surface area contributed by atoms with Gasteiger partial charge < -0.3 is 9.80 Å². The zero-order chi connectivity index (χ0) is 21.6. The van der Waals surface area contributed by atoms with Gasteiger partial charge in [0.1, 0.15) is 17.7 Å². The highest BCUT2D eigenvalue weighted by Gasteiger charge is 2.23. The van der Waals surface area contributed by atoms with Gasteiger partial charge in [-0.15, -0.1) is 5.10 Å². The van der Waals surface area contributed by atoms with E-state index in [1.165, 1.54) is 11.3 Å². The van der Waals surface area contributed by atoms with Crippen molar-refractivity contribution in [3.8, 4) is 6.07 Å². The van der Waals surface area contributed by atoms with Crippen LogP contribution >= 0.6 is 0 Å². The van der Waals surface area contributed by atoms with E-state index in [9.17, 15) is 5.26 Å². The molecule has 5 rings (SSSR count). The Morgan fingerprint density at radius 3 is 2.58 bits per heavy atom. The number of fused-ring (bicyclic) bond motifs is 2. The Morgan fingerprint density at radius 2 is 1.77 bits per heavy atom. The van der Waals surface area contributed by atoms with E-state index in [4.69, 9.17) is 15.1 Å². The molecule has 0 spiro atoms. The van der Waals surface area contributed by atoms with Crippen molar-refractivity contribution in [2.24, 2.45) is 0 Å². The molecule has 31 heavy (non-hydrogen) atoms. The van der Waals surface area contributed by atoms with E-state index in [0.717, 1.165) is 74.8 Å². The average molecular weight is 416 g/mol. The van der Waals surface area contributed by atoms with Crippen LogP contribution in [0.2, 0.25) is 0 Å². The molecule has 3 aromatic heterocycles. The van der Waals surface area contributed by atoms with Crippen molar-refractivity contribution in [3.05, 3.63) is 46.9 Å². The Labute approximate surface area is 183 Å². The first kappa shape index (κ1) is 19.8. The number of pyridine rings is 1. The largest absolute Gasteiger partial charge is 0.354 e. The molecular weight excluding hydrogens is 386 g/mol. The highest BCUT2D eigenvalue weighted by atomic mass is 15.3. The lowest BCUT2D eigenvalue weighted by Gasteiger charge is -2.24. The van der Waals surface area contributed by atoms with Crippen molar-refractivity contribution in [3.63, 3.8) is 0 Å². The van der Waals surface area contributed by atoms with E-state index < -0.39 is 0 Å². The Hall–Kier alpha value is -3.14. The smallest absolute Gasteiger partial charge is 0.153 e. The summed E-state index contributed by atoms with van der Waals surface area (Å²) in [5, 5.41) is 14.5. The highest BCUT2D eigenvalue weighted by molar-refractivity contribution is 5.57. The second-order valence-corrected chi connectivity index (χ2v) is 9.63. The normalized spacial score (nSPS) is 17.0. The minimum atomic E-state index is -0.00171. The number of imidazole rings is 1. The Bertz CT molecular complexity index is 1170. The second kappa shape index (κ2) is 7.52. The average Bonchev–Trinajstić information content (AvgIpc) is 3.32. The molecule has 7 heteroatoms. The molecule has 0 N–H and O–H groups in total. The lowest BCUT2D eigenvalue weighted by molar-refractivity contribution is 0.572. The molecule has 0 radical (unpaired) electrons. The van der Waals surface area contributed by atoms with Gasteiger partial charge in [0.25, 0.3) is 0 Å². The lowest BCUT2D eigenvalue weighted by atomic mass is 9.93. The SMILES string of the molecule is CC(C)(C)c1cn2nc(N3CCCN(c4nc5c(cc4C#N)CCC5)CC3)ccc2n1. The quantitative estimate of drug-likeness (QED) is 0.638. The van der Waals surface area contributed by atoms with Gasteiger partial charge in [0, 0.05) is 37.3 Å². The van der Waals surface area contributed by atoms with Gasteiger partial charge in [0.2, 0.25) is 0 Å². The predicted molar refractivity (Wildman–Crippen MR) is 122 cm³/mol. The molecule has 2 aliphatic rings. The Kier molecular flexibility index (Phi) is 4.81. The molecule has 1 fully saturated rings. The van der Waals surface area contributed by atoms with E-state index >= 15 is 0 Å². The van der Waals surface area contributed by atoms with Crippen LogP contribution in [0, 0.1) is 11.3 Å². The molecule has 0 atom stereocenters. The number of hydrogen-bond donors (Lipinski definition) is 0. The van der Waals surface area contributed by atoms with E-state index in [1.807, 2.05) is 10.7 Å². The fraction of sp³-hybridized carbons (Fsp3) is 0.500. The summed E-state index contributed by atoms with van der Waals surface area (Å²) in [6, 6.07) is 8.56. The van der Waals surface area contributed by atoms with Gasteiger partial charge in [0.15, 0.2) is 5.65 Å². The number of anilines is 2. The number of nitrogens with zero attached hydrogens (tertiary/aromatic N) is 7. The van der Waals surface area contributed by atoms with Crippen LogP contribution in [-0.4, -0.2) is 45.8 Å². The summed E-state index contributed by atoms with van der Waals surface area (Å²) in [6.45, 7) is 10.0. The molecule has 0 aromatic carbocycles. The van der Waals surface area contributed by atoms with E-state index in [2.05, 4.69) is 54.8 Å². The summed E-state index contributed by atoms with van der Waals surface area (Å²) < 4.78 is 1.90. The summed E-state index contributed by atoms with van der Waals surface area (Å²) in [4.78, 5) is 14.2. The molecule has 7 nitrogen and oxygen atoms in total. The molecular formula is C24H29N7. The first-order valence-electron chi connectivity index (χ1n) is 11.2. The molecule has 1 aliphatic heterocycles. The third kappa shape index (κ3) is 3.71. The maximum Gasteiger partial charge on any atom is 0.153 e. The van der Waals surface area contributed by atoms with Crippen LogP contribution < -0.4 is 9.80 Å². The molecule has 1 saturated heterocycles. The van der Waals surface area contributed by atoms with Crippen molar-refractivity contribution < 1.29 is 0 Å². The molecule has 0 saturated carbocycles. The van der Waals surface area contributed by atoms with Crippen LogP contribution in [0.1, 0.15) is 56.1 Å². The standard InChI is InChI=1S/C24H29N7/c1-24(2,3)20-16-31-21(27-20)8-9-22(28-31)29-10-5-11-30(13-12-29)23-18(15-25)14-17-6-4-7-19(17)26-23/h8-9,14,16H,4-7,10-13H2,1-3H3. The Morgan fingerprint density at radius 1 is 0.968 bits per heavy atom. The molecule has 4 heterocycles. The summed E-state index contributed by atoms with van der Waals surface area (Å²) in [6.07, 6.45) is 6.25. The van der Waals surface area contributed by atoms with Crippen LogP contribution in [0.15, 0.2) is 24.4 Å². The van der Waals surface area contributed by atoms with E-state index in [1.54, 1.807) is 0 Å². The topological polar surface area (TPSA) is 73.3 Å². The zero-order valence-electron chi connectivity index (χ0n) is 18.6. The van der Waals surface area contributed by atoms with Crippen LogP contribution in [0.25, 0.3) is 5.65 Å². The van der Waals surface area contributed by atoms with Crippen LogP contribution in [-0.2, 0) is 18.3 Å². The van der Waals surface area contributed by atoms with Gasteiger partial charge in [-0.05, 0) is 49.4 Å². The monoisotopic (exact) mass is 415 g/mol. The first-order chi connectivity index (χ1) is 14.9. The molecule has 160 valence electrons. The van der Waals surface area contributed by atoms with Crippen molar-refractivity contribution >= 4 is 17.3 Å². The van der Waals surface area contributed by atoms with Gasteiger partial charge in [0.05, 0.1) is 17.5 Å². The van der Waals surface area contributed by atoms with E-state index in [0.29, 0.717) is 5.56 Å². The highest BCUT2D eigenvalue weighted by Crippen LogP contribution is 2.28. The fourth-order valence-corrected chi connectivity index (χ4v) is 4.54. The Balaban J connectivity index is 1.37. The van der Waals surface area contributed by atoms with Gasteiger partial charge in [-0.25, -0.2) is 14.5 Å². The number of hydrogen-bond acceptors (Lipinski definition) is 6. The zero-order valence-corrected chi connectivity index (χ0v) is 18.6. The number of aromatic nitrogens is 4. The molecule has 0 unspecified atom stereocenters. The predicted octanol–water partition coefficient (Wildman–Crippen LogP) is 3.50. The van der Waals surface area contributed by atoms with Crippen molar-refractivity contribution in [1.29, 1.82) is 5.26 Å². The van der Waals surface area contributed by atoms with Gasteiger partial charge in [-0.1, -0.05) is 20.8 Å². The maximum absolute atomic E-state index is 9.69. The summed E-state index contributed by atoms with van der Waals surface area (Å²) in [5.41, 5.74) is 5.07. The number of aryl methyl sites for hydroxylation is 2. The molecule has 1 aliphatic carbocycles. The minimum absolute atomic E-state index is 0.00171. The third-order valence-electron chi connectivity index (χ3n) is 6.34. The van der Waals surface area contributed by atoms with Gasteiger partial charge in [-0.2, -0.15) is 5.26 Å². The summed E-state index contributed by atoms with van der Waals surface area (Å²) >= 11 is 0. The van der Waals surface area contributed by atoms with Crippen LogP contribution in [0.3, 0.4) is 0 Å². The first-order valence-corrected chi connectivity index (χ1v) is 11.2. The fourth-order valence-electron chi connectivity index (χ4n) is 4.54. The van der Waals surface area contributed by atoms with Crippen LogP contribution in [0.4, 0.5) is 11.6 Å². The third-order valence-corrected chi connectivity index (χ3v) is 6.34. The van der Waals surface area contributed by atoms with Crippen molar-refractivity contribution in [1.82, 2.24) is 19.6 Å². The molecule has 0 bridgehead atoms. The van der Waals surface area contributed by atoms with Crippen molar-refractivity contribution in [2.75, 3.05) is 36.0 Å². The van der Waals surface area contributed by atoms with Crippen LogP contribution in [0.5, 0.6) is 0 Å². The summed E-state index contributed by atoms with van der Waals surface area (Å²) in [5.74, 6) is 1.83. The van der Waals surface area contributed by atoms with E-state index in [-0.39, 0.29) is 5.41 Å². The summed E-state index contributed by atoms with van der Waals surface area (Å²) in [7, 11) is 0. The number of rotatable bonds is 2. The van der Waals surface area contributed by atoms with Gasteiger partial charge >= 0.3 is 0 Å². The minimum Gasteiger partial charge on any atom is -0.354 e. The number of nitriles is 1. The second-order valence-electron chi connectivity index (χ2n) is 9.63. The molecule has 0 amide bonds. The van der Waals surface area contributed by atoms with Gasteiger partial charge in [-0.3, -0.25) is 0 Å². The lowest BCUT2D eigenvalue weighted by Crippen LogP contribution is -2.32. The molecule has 3 aromatic rings.